The minimum absolute atomic E-state index is 0.117. The van der Waals surface area contributed by atoms with Gasteiger partial charge in [0.2, 0.25) is 0 Å². The fraction of sp³-hybridized carbons (Fsp3) is 0.250. The van der Waals surface area contributed by atoms with Gasteiger partial charge in [-0.15, -0.1) is 0 Å². The second kappa shape index (κ2) is 8.21. The molecule has 2 aromatic rings. The largest absolute Gasteiger partial charge is 0.465 e. The number of rotatable bonds is 4. The van der Waals surface area contributed by atoms with Gasteiger partial charge in [-0.2, -0.15) is 5.26 Å². The van der Waals surface area contributed by atoms with Crippen LogP contribution in [0.15, 0.2) is 42.5 Å². The lowest BCUT2D eigenvalue weighted by molar-refractivity contribution is -0.924. The van der Waals surface area contributed by atoms with Crippen molar-refractivity contribution in [2.75, 3.05) is 19.0 Å². The summed E-state index contributed by atoms with van der Waals surface area (Å²) in [5.41, 5.74) is 3.09. The topological polar surface area (TPSA) is 83.6 Å². The molecule has 1 aliphatic rings. The number of halogens is 1. The highest BCUT2D eigenvalue weighted by molar-refractivity contribution is 6.32. The maximum Gasteiger partial charge on any atom is 0.365 e. The number of esters is 1. The number of nitrogens with one attached hydrogen (secondary N) is 2. The van der Waals surface area contributed by atoms with Crippen LogP contribution in [0.1, 0.15) is 16.7 Å². The Morgan fingerprint density at radius 1 is 1.30 bits per heavy atom. The van der Waals surface area contributed by atoms with Gasteiger partial charge in [-0.25, -0.2) is 4.79 Å². The third-order valence-electron chi connectivity index (χ3n) is 4.70. The number of hydrogen-bond acceptors (Lipinski definition) is 4. The zero-order valence-corrected chi connectivity index (χ0v) is 15.5. The van der Waals surface area contributed by atoms with Gasteiger partial charge in [-0.05, 0) is 23.8 Å². The Bertz CT molecular complexity index is 923. The van der Waals surface area contributed by atoms with Crippen LogP contribution < -0.4 is 10.2 Å². The summed E-state index contributed by atoms with van der Waals surface area (Å²) >= 11 is 6.00. The van der Waals surface area contributed by atoms with E-state index in [-0.39, 0.29) is 23.4 Å². The molecule has 0 radical (unpaired) electrons. The predicted octanol–water partition coefficient (Wildman–Crippen LogP) is 1.33. The molecule has 0 saturated carbocycles. The van der Waals surface area contributed by atoms with Crippen LogP contribution in [0.5, 0.6) is 0 Å². The van der Waals surface area contributed by atoms with Gasteiger partial charge < -0.3 is 15.0 Å². The zero-order valence-electron chi connectivity index (χ0n) is 14.8. The van der Waals surface area contributed by atoms with E-state index < -0.39 is 6.04 Å². The molecule has 2 N–H and O–H groups in total. The van der Waals surface area contributed by atoms with Crippen LogP contribution in [0.4, 0.5) is 5.69 Å². The SMILES string of the molecule is COC(=O)[C@H]1Cc2ccccc2C[NH+]1CC(=O)Nc1ccc(C#N)c(Cl)c1. The summed E-state index contributed by atoms with van der Waals surface area (Å²) in [6, 6.07) is 14.2. The van der Waals surface area contributed by atoms with Crippen LogP contribution in [-0.4, -0.2) is 31.6 Å². The number of fused-ring (bicyclic) bond motifs is 1. The van der Waals surface area contributed by atoms with Crippen molar-refractivity contribution < 1.29 is 19.2 Å². The van der Waals surface area contributed by atoms with Crippen LogP contribution in [0.3, 0.4) is 0 Å². The maximum atomic E-state index is 12.5. The number of amides is 1. The molecule has 0 fully saturated rings. The summed E-state index contributed by atoms with van der Waals surface area (Å²) in [6.07, 6.45) is 0.536. The van der Waals surface area contributed by atoms with Crippen molar-refractivity contribution in [2.24, 2.45) is 0 Å². The van der Waals surface area contributed by atoms with Crippen molar-refractivity contribution in [3.8, 4) is 6.07 Å². The predicted molar refractivity (Wildman–Crippen MR) is 100 cm³/mol. The second-order valence-corrected chi connectivity index (χ2v) is 6.82. The number of carbonyl (C=O) groups is 2. The van der Waals surface area contributed by atoms with Gasteiger partial charge in [0.05, 0.1) is 17.7 Å². The molecule has 3 rings (SSSR count). The van der Waals surface area contributed by atoms with E-state index in [0.717, 1.165) is 16.0 Å². The van der Waals surface area contributed by atoms with Crippen molar-refractivity contribution in [2.45, 2.75) is 19.0 Å². The average molecular weight is 385 g/mol. The molecule has 1 unspecified atom stereocenters. The van der Waals surface area contributed by atoms with Crippen LogP contribution in [0.25, 0.3) is 0 Å². The van der Waals surface area contributed by atoms with Gasteiger partial charge in [0, 0.05) is 17.7 Å². The molecule has 1 heterocycles. The van der Waals surface area contributed by atoms with E-state index in [9.17, 15) is 9.59 Å². The first-order chi connectivity index (χ1) is 13.0. The normalized spacial score (nSPS) is 18.1. The molecule has 138 valence electrons. The van der Waals surface area contributed by atoms with Crippen molar-refractivity contribution in [1.82, 2.24) is 0 Å². The van der Waals surface area contributed by atoms with Crippen LogP contribution >= 0.6 is 11.6 Å². The zero-order chi connectivity index (χ0) is 19.4. The average Bonchev–Trinajstić information content (AvgIpc) is 2.67. The Kier molecular flexibility index (Phi) is 5.75. The molecule has 7 heteroatoms. The van der Waals surface area contributed by atoms with Gasteiger partial charge in [0.25, 0.3) is 5.91 Å². The third kappa shape index (κ3) is 4.27. The molecular formula is C20H19ClN3O3+. The fourth-order valence-electron chi connectivity index (χ4n) is 3.33. The lowest BCUT2D eigenvalue weighted by Crippen LogP contribution is -3.17. The first-order valence-electron chi connectivity index (χ1n) is 8.50. The lowest BCUT2D eigenvalue weighted by Gasteiger charge is -2.31. The summed E-state index contributed by atoms with van der Waals surface area (Å²) in [5, 5.41) is 12.0. The Morgan fingerprint density at radius 2 is 2.04 bits per heavy atom. The van der Waals surface area contributed by atoms with Gasteiger partial charge in [-0.1, -0.05) is 35.9 Å². The molecule has 2 aromatic carbocycles. The number of ether oxygens (including phenoxy) is 1. The number of methoxy groups -OCH3 is 1. The van der Waals surface area contributed by atoms with Crippen molar-refractivity contribution in [3.63, 3.8) is 0 Å². The Morgan fingerprint density at radius 3 is 2.70 bits per heavy atom. The number of hydrogen-bond donors (Lipinski definition) is 2. The Labute approximate surface area is 162 Å². The van der Waals surface area contributed by atoms with Crippen LogP contribution in [-0.2, 0) is 27.3 Å². The molecule has 1 aliphatic heterocycles. The van der Waals surface area contributed by atoms with Crippen molar-refractivity contribution in [3.05, 3.63) is 64.2 Å². The first kappa shape index (κ1) is 18.9. The van der Waals surface area contributed by atoms with E-state index in [4.69, 9.17) is 21.6 Å². The van der Waals surface area contributed by atoms with Gasteiger partial charge in [0.1, 0.15) is 12.6 Å². The minimum atomic E-state index is -0.430. The number of quaternary nitrogens is 1. The number of nitriles is 1. The number of nitrogens with zero attached hydrogens (tertiary/aromatic N) is 1. The summed E-state index contributed by atoms with van der Waals surface area (Å²) < 4.78 is 4.94. The summed E-state index contributed by atoms with van der Waals surface area (Å²) in [4.78, 5) is 25.6. The fourth-order valence-corrected chi connectivity index (χ4v) is 3.56. The summed E-state index contributed by atoms with van der Waals surface area (Å²) in [7, 11) is 1.36. The molecular weight excluding hydrogens is 366 g/mol. The summed E-state index contributed by atoms with van der Waals surface area (Å²) in [5.74, 6) is -0.562. The van der Waals surface area contributed by atoms with Crippen molar-refractivity contribution >= 4 is 29.2 Å². The minimum Gasteiger partial charge on any atom is -0.465 e. The molecule has 0 bridgehead atoms. The number of anilines is 1. The monoisotopic (exact) mass is 384 g/mol. The Hall–Kier alpha value is -2.88. The molecule has 0 aromatic heterocycles. The maximum absolute atomic E-state index is 12.5. The molecule has 2 atom stereocenters. The number of carbonyl (C=O) groups excluding carboxylic acids is 2. The van der Waals surface area contributed by atoms with Crippen LogP contribution in [0, 0.1) is 11.3 Å². The smallest absolute Gasteiger partial charge is 0.365 e. The van der Waals surface area contributed by atoms with Gasteiger partial charge in [0.15, 0.2) is 12.6 Å². The van der Waals surface area contributed by atoms with Gasteiger partial charge in [-0.3, -0.25) is 4.79 Å². The quantitative estimate of drug-likeness (QED) is 0.779. The number of benzene rings is 2. The van der Waals surface area contributed by atoms with Crippen molar-refractivity contribution in [1.29, 1.82) is 5.26 Å². The highest BCUT2D eigenvalue weighted by Crippen LogP contribution is 2.20. The molecule has 0 spiro atoms. The lowest BCUT2D eigenvalue weighted by atomic mass is 9.94. The van der Waals surface area contributed by atoms with E-state index in [1.165, 1.54) is 13.2 Å². The van der Waals surface area contributed by atoms with E-state index in [0.29, 0.717) is 24.2 Å². The molecule has 0 aliphatic carbocycles. The molecule has 0 saturated heterocycles. The van der Waals surface area contributed by atoms with E-state index in [2.05, 4.69) is 5.32 Å². The first-order valence-corrected chi connectivity index (χ1v) is 8.88. The second-order valence-electron chi connectivity index (χ2n) is 6.41. The van der Waals surface area contributed by atoms with E-state index >= 15 is 0 Å². The highest BCUT2D eigenvalue weighted by atomic mass is 35.5. The van der Waals surface area contributed by atoms with Crippen LogP contribution in [0.2, 0.25) is 5.02 Å². The summed E-state index contributed by atoms with van der Waals surface area (Å²) in [6.45, 7) is 0.684. The van der Waals surface area contributed by atoms with Gasteiger partial charge >= 0.3 is 5.97 Å². The van der Waals surface area contributed by atoms with E-state index in [1.807, 2.05) is 30.3 Å². The molecule has 27 heavy (non-hydrogen) atoms. The third-order valence-corrected chi connectivity index (χ3v) is 5.01. The van der Waals surface area contributed by atoms with E-state index in [1.54, 1.807) is 12.1 Å². The molecule has 1 amide bonds. The highest BCUT2D eigenvalue weighted by Gasteiger charge is 2.37. The Balaban J connectivity index is 1.74. The molecule has 6 nitrogen and oxygen atoms in total. The standard InChI is InChI=1S/C20H18ClN3O3/c1-27-20(26)18-8-13-4-2-3-5-15(13)11-24(18)12-19(25)23-16-7-6-14(10-22)17(21)9-16/h2-7,9,18H,8,11-12H2,1H3,(H,23,25)/p+1/t18-/m1/s1.